The molecule has 1 aliphatic heterocycles. The summed E-state index contributed by atoms with van der Waals surface area (Å²) < 4.78 is 44.7. The second-order valence-corrected chi connectivity index (χ2v) is 8.77. The van der Waals surface area contributed by atoms with Crippen LogP contribution >= 0.6 is 15.9 Å². The minimum Gasteiger partial charge on any atom is -0.440 e. The summed E-state index contributed by atoms with van der Waals surface area (Å²) in [7, 11) is 1.80. The van der Waals surface area contributed by atoms with E-state index < -0.39 is 6.29 Å². The molecular weight excluding hydrogens is 510 g/mol. The molecule has 0 aliphatic carbocycles. The van der Waals surface area contributed by atoms with Gasteiger partial charge in [-0.1, -0.05) is 22.0 Å². The minimum absolute atomic E-state index is 0.0484. The number of aromatic nitrogens is 3. The quantitative estimate of drug-likeness (QED) is 0.304. The van der Waals surface area contributed by atoms with Crippen molar-refractivity contribution in [1.29, 1.82) is 5.26 Å². The van der Waals surface area contributed by atoms with E-state index in [0.29, 0.717) is 34.2 Å². The van der Waals surface area contributed by atoms with Crippen molar-refractivity contribution in [2.75, 3.05) is 0 Å². The number of fused-ring (bicyclic) bond motifs is 1. The second kappa shape index (κ2) is 7.95. The molecule has 2 aromatic heterocycles. The first kappa shape index (κ1) is 22.1. The minimum atomic E-state index is -3.71. The molecule has 2 aromatic carbocycles. The van der Waals surface area contributed by atoms with E-state index in [1.807, 2.05) is 24.3 Å². The van der Waals surface area contributed by atoms with Crippen molar-refractivity contribution < 1.29 is 22.7 Å². The van der Waals surface area contributed by atoms with E-state index in [0.717, 1.165) is 15.7 Å². The standard InChI is InChI=1S/C24H17BrF2N4O3/c1-12(11-28)18-10-19(31(3)30-18)16-6-5-15(25)9-17(16)23-22(29-13(2)32-23)14-4-7-20-21(8-14)34-24(26,27)33-20/h4-10,12H,1-3H3. The summed E-state index contributed by atoms with van der Waals surface area (Å²) in [5.41, 5.74) is 3.95. The van der Waals surface area contributed by atoms with Gasteiger partial charge in [-0.15, -0.1) is 8.78 Å². The highest BCUT2D eigenvalue weighted by atomic mass is 79.9. The molecule has 7 nitrogen and oxygen atoms in total. The third kappa shape index (κ3) is 3.82. The Kier molecular flexibility index (Phi) is 5.17. The van der Waals surface area contributed by atoms with Gasteiger partial charge in [0.25, 0.3) is 0 Å². The summed E-state index contributed by atoms with van der Waals surface area (Å²) in [5.74, 6) is 0.366. The Morgan fingerprint density at radius 3 is 2.62 bits per heavy atom. The number of ether oxygens (including phenoxy) is 2. The maximum atomic E-state index is 13.5. The van der Waals surface area contributed by atoms with Gasteiger partial charge in [-0.25, -0.2) is 4.98 Å². The van der Waals surface area contributed by atoms with Gasteiger partial charge in [-0.2, -0.15) is 10.4 Å². The number of halogens is 3. The fraction of sp³-hybridized carbons (Fsp3) is 0.208. The Bertz CT molecular complexity index is 1470. The summed E-state index contributed by atoms with van der Waals surface area (Å²) in [4.78, 5) is 4.52. The van der Waals surface area contributed by atoms with Gasteiger partial charge in [-0.05, 0) is 43.3 Å². The second-order valence-electron chi connectivity index (χ2n) is 7.86. The van der Waals surface area contributed by atoms with Crippen molar-refractivity contribution in [3.8, 4) is 51.4 Å². The van der Waals surface area contributed by atoms with Gasteiger partial charge in [0.05, 0.1) is 23.4 Å². The van der Waals surface area contributed by atoms with Crippen molar-refractivity contribution in [2.45, 2.75) is 26.1 Å². The van der Waals surface area contributed by atoms with Crippen LogP contribution in [0, 0.1) is 18.3 Å². The van der Waals surface area contributed by atoms with E-state index in [1.54, 1.807) is 31.6 Å². The Hall–Kier alpha value is -3.71. The van der Waals surface area contributed by atoms with Crippen LogP contribution in [0.5, 0.6) is 11.5 Å². The number of hydrogen-bond acceptors (Lipinski definition) is 6. The van der Waals surface area contributed by atoms with Crippen LogP contribution < -0.4 is 9.47 Å². The summed E-state index contributed by atoms with van der Waals surface area (Å²) in [6.45, 7) is 3.50. The lowest BCUT2D eigenvalue weighted by Crippen LogP contribution is -2.25. The molecule has 0 bridgehead atoms. The number of aryl methyl sites for hydroxylation is 2. The molecule has 0 N–H and O–H groups in total. The number of oxazole rings is 1. The van der Waals surface area contributed by atoms with Crippen molar-refractivity contribution >= 4 is 15.9 Å². The SMILES string of the molecule is Cc1nc(-c2ccc3c(c2)OC(F)(F)O3)c(-c2cc(Br)ccc2-c2cc(C(C)C#N)nn2C)o1. The molecule has 1 aliphatic rings. The van der Waals surface area contributed by atoms with E-state index in [1.165, 1.54) is 12.1 Å². The van der Waals surface area contributed by atoms with Gasteiger partial charge < -0.3 is 13.9 Å². The van der Waals surface area contributed by atoms with E-state index >= 15 is 0 Å². The zero-order valence-corrected chi connectivity index (χ0v) is 19.9. The van der Waals surface area contributed by atoms with Crippen LogP contribution in [-0.2, 0) is 7.05 Å². The van der Waals surface area contributed by atoms with Gasteiger partial charge in [0, 0.05) is 35.1 Å². The van der Waals surface area contributed by atoms with Crippen LogP contribution in [0.25, 0.3) is 33.8 Å². The molecule has 0 saturated carbocycles. The van der Waals surface area contributed by atoms with Gasteiger partial charge in [0.1, 0.15) is 5.69 Å². The maximum Gasteiger partial charge on any atom is 0.586 e. The summed E-state index contributed by atoms with van der Waals surface area (Å²) in [6.07, 6.45) is -3.71. The molecule has 1 atom stereocenters. The van der Waals surface area contributed by atoms with Crippen LogP contribution in [0.15, 0.2) is 51.4 Å². The molecular formula is C24H17BrF2N4O3. The third-order valence-corrected chi connectivity index (χ3v) is 5.94. The van der Waals surface area contributed by atoms with Gasteiger partial charge in [0.2, 0.25) is 0 Å². The predicted octanol–water partition coefficient (Wildman–Crippen LogP) is 6.43. The first-order valence-electron chi connectivity index (χ1n) is 10.3. The average Bonchev–Trinajstić information content (AvgIpc) is 3.45. The zero-order chi connectivity index (χ0) is 24.2. The molecule has 0 amide bonds. The Morgan fingerprint density at radius 1 is 1.09 bits per heavy atom. The van der Waals surface area contributed by atoms with Crippen molar-refractivity contribution in [2.24, 2.45) is 7.05 Å². The normalized spacial score (nSPS) is 14.7. The highest BCUT2D eigenvalue weighted by Gasteiger charge is 2.43. The average molecular weight is 527 g/mol. The maximum absolute atomic E-state index is 13.5. The van der Waals surface area contributed by atoms with Gasteiger partial charge in [0.15, 0.2) is 23.1 Å². The largest absolute Gasteiger partial charge is 0.586 e. The Balaban J connectivity index is 1.66. The molecule has 1 unspecified atom stereocenters. The summed E-state index contributed by atoms with van der Waals surface area (Å²) >= 11 is 3.52. The topological polar surface area (TPSA) is 86.1 Å². The predicted molar refractivity (Wildman–Crippen MR) is 122 cm³/mol. The Morgan fingerprint density at radius 2 is 1.85 bits per heavy atom. The number of nitriles is 1. The lowest BCUT2D eigenvalue weighted by atomic mass is 9.98. The van der Waals surface area contributed by atoms with Crippen molar-refractivity contribution in [3.05, 3.63) is 58.5 Å². The molecule has 10 heteroatoms. The van der Waals surface area contributed by atoms with Crippen molar-refractivity contribution in [1.82, 2.24) is 14.8 Å². The fourth-order valence-electron chi connectivity index (χ4n) is 3.85. The zero-order valence-electron chi connectivity index (χ0n) is 18.3. The fourth-order valence-corrected chi connectivity index (χ4v) is 4.21. The molecule has 0 spiro atoms. The van der Waals surface area contributed by atoms with Gasteiger partial charge >= 0.3 is 6.29 Å². The summed E-state index contributed by atoms with van der Waals surface area (Å²) in [6, 6.07) is 14.3. The molecule has 0 fully saturated rings. The molecule has 3 heterocycles. The number of rotatable bonds is 4. The Labute approximate surface area is 201 Å². The molecule has 0 saturated heterocycles. The highest BCUT2D eigenvalue weighted by Crippen LogP contribution is 2.45. The van der Waals surface area contributed by atoms with E-state index in [9.17, 15) is 14.0 Å². The van der Waals surface area contributed by atoms with E-state index in [4.69, 9.17) is 4.42 Å². The lowest BCUT2D eigenvalue weighted by molar-refractivity contribution is -0.286. The first-order chi connectivity index (χ1) is 16.1. The van der Waals surface area contributed by atoms with Gasteiger partial charge in [-0.3, -0.25) is 4.68 Å². The monoisotopic (exact) mass is 526 g/mol. The summed E-state index contributed by atoms with van der Waals surface area (Å²) in [5, 5.41) is 13.8. The number of nitrogens with zero attached hydrogens (tertiary/aromatic N) is 4. The molecule has 34 heavy (non-hydrogen) atoms. The van der Waals surface area contributed by atoms with Crippen LogP contribution in [0.2, 0.25) is 0 Å². The van der Waals surface area contributed by atoms with Crippen molar-refractivity contribution in [3.63, 3.8) is 0 Å². The van der Waals surface area contributed by atoms with Crippen LogP contribution in [0.3, 0.4) is 0 Å². The van der Waals surface area contributed by atoms with E-state index in [-0.39, 0.29) is 17.4 Å². The van der Waals surface area contributed by atoms with Crippen LogP contribution in [0.1, 0.15) is 24.4 Å². The molecule has 4 aromatic rings. The molecule has 5 rings (SSSR count). The highest BCUT2D eigenvalue weighted by molar-refractivity contribution is 9.10. The van der Waals surface area contributed by atoms with Crippen LogP contribution in [-0.4, -0.2) is 21.1 Å². The molecule has 172 valence electrons. The number of hydrogen-bond donors (Lipinski definition) is 0. The smallest absolute Gasteiger partial charge is 0.440 e. The van der Waals surface area contributed by atoms with E-state index in [2.05, 4.69) is 41.6 Å². The number of benzene rings is 2. The first-order valence-corrected chi connectivity index (χ1v) is 11.1. The molecule has 0 radical (unpaired) electrons. The number of alkyl halides is 2. The third-order valence-electron chi connectivity index (χ3n) is 5.45. The lowest BCUT2D eigenvalue weighted by Gasteiger charge is -2.10. The van der Waals surface area contributed by atoms with Crippen LogP contribution in [0.4, 0.5) is 8.78 Å².